The summed E-state index contributed by atoms with van der Waals surface area (Å²) in [6.45, 7) is 4.17. The molecule has 2 atom stereocenters. The molecular formula is C14H24O4. The van der Waals surface area contributed by atoms with E-state index in [-0.39, 0.29) is 29.9 Å². The SMILES string of the molecule is COC(=O)CC1(OC2CC(C)OC(C)C2)CCC1. The molecule has 1 aliphatic heterocycles. The molecule has 0 aromatic heterocycles. The molecule has 0 bridgehead atoms. The van der Waals surface area contributed by atoms with Crippen molar-refractivity contribution in [1.29, 1.82) is 0 Å². The molecule has 1 aliphatic carbocycles. The van der Waals surface area contributed by atoms with Gasteiger partial charge in [0.15, 0.2) is 0 Å². The van der Waals surface area contributed by atoms with Gasteiger partial charge in [-0.25, -0.2) is 0 Å². The fourth-order valence-corrected chi connectivity index (χ4v) is 3.04. The van der Waals surface area contributed by atoms with Crippen LogP contribution in [0.25, 0.3) is 0 Å². The quantitative estimate of drug-likeness (QED) is 0.725. The number of rotatable bonds is 4. The molecule has 4 nitrogen and oxygen atoms in total. The van der Waals surface area contributed by atoms with Crippen LogP contribution in [0.15, 0.2) is 0 Å². The molecule has 1 saturated carbocycles. The first-order chi connectivity index (χ1) is 8.53. The molecule has 2 aliphatic rings. The Bertz CT molecular complexity index is 288. The molecule has 0 aromatic carbocycles. The first-order valence-corrected chi connectivity index (χ1v) is 6.93. The van der Waals surface area contributed by atoms with Crippen LogP contribution in [0.4, 0.5) is 0 Å². The van der Waals surface area contributed by atoms with Crippen molar-refractivity contribution >= 4 is 5.97 Å². The minimum Gasteiger partial charge on any atom is -0.469 e. The fraction of sp³-hybridized carbons (Fsp3) is 0.929. The van der Waals surface area contributed by atoms with E-state index >= 15 is 0 Å². The van der Waals surface area contributed by atoms with Crippen LogP contribution in [0.2, 0.25) is 0 Å². The van der Waals surface area contributed by atoms with Gasteiger partial charge in [-0.05, 0) is 46.0 Å². The lowest BCUT2D eigenvalue weighted by molar-refractivity contribution is -0.193. The summed E-state index contributed by atoms with van der Waals surface area (Å²) in [6.07, 6.45) is 6.04. The molecule has 0 aromatic rings. The van der Waals surface area contributed by atoms with Crippen LogP contribution in [0, 0.1) is 0 Å². The van der Waals surface area contributed by atoms with Crippen molar-refractivity contribution < 1.29 is 19.0 Å². The van der Waals surface area contributed by atoms with E-state index in [2.05, 4.69) is 13.8 Å². The van der Waals surface area contributed by atoms with Gasteiger partial charge in [0.2, 0.25) is 0 Å². The summed E-state index contributed by atoms with van der Waals surface area (Å²) in [7, 11) is 1.44. The minimum absolute atomic E-state index is 0.164. The van der Waals surface area contributed by atoms with Crippen LogP contribution in [0.1, 0.15) is 52.4 Å². The smallest absolute Gasteiger partial charge is 0.308 e. The number of hydrogen-bond donors (Lipinski definition) is 0. The summed E-state index contributed by atoms with van der Waals surface area (Å²) in [5.74, 6) is -0.164. The Hall–Kier alpha value is -0.610. The van der Waals surface area contributed by atoms with Gasteiger partial charge in [-0.15, -0.1) is 0 Å². The summed E-state index contributed by atoms with van der Waals surface area (Å²) in [4.78, 5) is 11.5. The number of hydrogen-bond acceptors (Lipinski definition) is 4. The average Bonchev–Trinajstić information content (AvgIpc) is 2.24. The lowest BCUT2D eigenvalue weighted by atomic mass is 9.77. The van der Waals surface area contributed by atoms with E-state index < -0.39 is 0 Å². The van der Waals surface area contributed by atoms with E-state index in [1.54, 1.807) is 0 Å². The molecule has 0 N–H and O–H groups in total. The maximum atomic E-state index is 11.5. The Kier molecular flexibility index (Phi) is 4.28. The van der Waals surface area contributed by atoms with E-state index in [1.807, 2.05) is 0 Å². The maximum Gasteiger partial charge on any atom is 0.308 e. The van der Waals surface area contributed by atoms with E-state index in [4.69, 9.17) is 14.2 Å². The zero-order chi connectivity index (χ0) is 13.2. The summed E-state index contributed by atoms with van der Waals surface area (Å²) < 4.78 is 16.7. The van der Waals surface area contributed by atoms with Gasteiger partial charge in [0, 0.05) is 0 Å². The van der Waals surface area contributed by atoms with Crippen molar-refractivity contribution in [2.24, 2.45) is 0 Å². The lowest BCUT2D eigenvalue weighted by Crippen LogP contribution is -2.47. The van der Waals surface area contributed by atoms with Gasteiger partial charge in [-0.1, -0.05) is 0 Å². The molecule has 0 amide bonds. The second-order valence-electron chi connectivity index (χ2n) is 5.76. The topological polar surface area (TPSA) is 44.8 Å². The molecule has 2 unspecified atom stereocenters. The summed E-state index contributed by atoms with van der Waals surface area (Å²) in [5.41, 5.74) is -0.255. The highest BCUT2D eigenvalue weighted by Crippen LogP contribution is 2.41. The molecule has 1 saturated heterocycles. The monoisotopic (exact) mass is 256 g/mol. The standard InChI is InChI=1S/C14H24O4/c1-10-7-12(8-11(2)17-10)18-14(5-4-6-14)9-13(15)16-3/h10-12H,4-9H2,1-3H3. The average molecular weight is 256 g/mol. The number of carbonyl (C=O) groups is 1. The van der Waals surface area contributed by atoms with E-state index in [9.17, 15) is 4.79 Å². The normalized spacial score (nSPS) is 34.7. The van der Waals surface area contributed by atoms with Crippen molar-refractivity contribution in [1.82, 2.24) is 0 Å². The Morgan fingerprint density at radius 2 is 1.89 bits per heavy atom. The molecule has 2 fully saturated rings. The second kappa shape index (κ2) is 5.57. The maximum absolute atomic E-state index is 11.5. The lowest BCUT2D eigenvalue weighted by Gasteiger charge is -2.45. The predicted molar refractivity (Wildman–Crippen MR) is 67.3 cm³/mol. The molecule has 4 heteroatoms. The van der Waals surface area contributed by atoms with Crippen LogP contribution in [-0.2, 0) is 19.0 Å². The third kappa shape index (κ3) is 3.23. The van der Waals surface area contributed by atoms with Crippen molar-refractivity contribution in [3.05, 3.63) is 0 Å². The number of ether oxygens (including phenoxy) is 3. The molecular weight excluding hydrogens is 232 g/mol. The first kappa shape index (κ1) is 13.8. The Morgan fingerprint density at radius 1 is 1.28 bits per heavy atom. The molecule has 0 radical (unpaired) electrons. The third-order valence-electron chi connectivity index (χ3n) is 4.03. The fourth-order valence-electron chi connectivity index (χ4n) is 3.04. The van der Waals surface area contributed by atoms with E-state index in [1.165, 1.54) is 7.11 Å². The number of carbonyl (C=O) groups excluding carboxylic acids is 1. The van der Waals surface area contributed by atoms with Crippen molar-refractivity contribution in [3.8, 4) is 0 Å². The Balaban J connectivity index is 1.91. The zero-order valence-electron chi connectivity index (χ0n) is 11.6. The molecule has 0 spiro atoms. The zero-order valence-corrected chi connectivity index (χ0v) is 11.6. The van der Waals surface area contributed by atoms with Crippen LogP contribution < -0.4 is 0 Å². The van der Waals surface area contributed by atoms with Crippen molar-refractivity contribution in [2.45, 2.75) is 76.3 Å². The summed E-state index contributed by atoms with van der Waals surface area (Å²) >= 11 is 0. The highest BCUT2D eigenvalue weighted by atomic mass is 16.5. The van der Waals surface area contributed by atoms with Crippen LogP contribution >= 0.6 is 0 Å². The number of esters is 1. The molecule has 104 valence electrons. The van der Waals surface area contributed by atoms with Crippen LogP contribution in [-0.4, -0.2) is 37.0 Å². The summed E-state index contributed by atoms with van der Waals surface area (Å²) in [5, 5.41) is 0. The Labute approximate surface area is 109 Å². The third-order valence-corrected chi connectivity index (χ3v) is 4.03. The predicted octanol–water partition coefficient (Wildman–Crippen LogP) is 2.44. The Morgan fingerprint density at radius 3 is 2.33 bits per heavy atom. The minimum atomic E-state index is -0.255. The highest BCUT2D eigenvalue weighted by molar-refractivity contribution is 5.70. The van der Waals surface area contributed by atoms with Crippen molar-refractivity contribution in [3.63, 3.8) is 0 Å². The first-order valence-electron chi connectivity index (χ1n) is 6.93. The molecule has 1 heterocycles. The van der Waals surface area contributed by atoms with Gasteiger partial charge < -0.3 is 14.2 Å². The van der Waals surface area contributed by atoms with Gasteiger partial charge in [0.1, 0.15) is 0 Å². The second-order valence-corrected chi connectivity index (χ2v) is 5.76. The van der Waals surface area contributed by atoms with Gasteiger partial charge in [-0.3, -0.25) is 4.79 Å². The van der Waals surface area contributed by atoms with Gasteiger partial charge >= 0.3 is 5.97 Å². The van der Waals surface area contributed by atoms with Crippen LogP contribution in [0.5, 0.6) is 0 Å². The van der Waals surface area contributed by atoms with Gasteiger partial charge in [0.05, 0.1) is 37.4 Å². The van der Waals surface area contributed by atoms with E-state index in [0.29, 0.717) is 6.42 Å². The van der Waals surface area contributed by atoms with Crippen molar-refractivity contribution in [2.75, 3.05) is 7.11 Å². The summed E-state index contributed by atoms with van der Waals surface area (Å²) in [6, 6.07) is 0. The van der Waals surface area contributed by atoms with E-state index in [0.717, 1.165) is 32.1 Å². The largest absolute Gasteiger partial charge is 0.469 e. The van der Waals surface area contributed by atoms with Gasteiger partial charge in [0.25, 0.3) is 0 Å². The number of methoxy groups -OCH3 is 1. The van der Waals surface area contributed by atoms with Gasteiger partial charge in [-0.2, -0.15) is 0 Å². The highest BCUT2D eigenvalue weighted by Gasteiger charge is 2.43. The van der Waals surface area contributed by atoms with Crippen LogP contribution in [0.3, 0.4) is 0 Å². The molecule has 18 heavy (non-hydrogen) atoms. The molecule has 2 rings (SSSR count).